The Labute approximate surface area is 128 Å². The molecule has 2 aromatic rings. The molecule has 0 unspecified atom stereocenters. The first-order valence-corrected chi connectivity index (χ1v) is 7.01. The molecule has 0 aliphatic carbocycles. The van der Waals surface area contributed by atoms with Crippen LogP contribution >= 0.6 is 0 Å². The molecule has 114 valence electrons. The minimum absolute atomic E-state index is 0.345. The molecule has 1 aromatic carbocycles. The van der Waals surface area contributed by atoms with E-state index < -0.39 is 0 Å². The number of hydrogen-bond acceptors (Lipinski definition) is 3. The lowest BCUT2D eigenvalue weighted by molar-refractivity contribution is -0.111. The monoisotopic (exact) mass is 300 g/mol. The van der Waals surface area contributed by atoms with Crippen molar-refractivity contribution in [3.05, 3.63) is 60.1 Å². The van der Waals surface area contributed by atoms with Crippen molar-refractivity contribution in [2.75, 3.05) is 11.9 Å². The van der Waals surface area contributed by atoms with Crippen LogP contribution in [-0.4, -0.2) is 17.5 Å². The van der Waals surface area contributed by atoms with E-state index in [1.165, 1.54) is 24.3 Å². The Morgan fingerprint density at radius 2 is 2.23 bits per heavy atom. The fourth-order valence-electron chi connectivity index (χ4n) is 1.75. The van der Waals surface area contributed by atoms with Crippen LogP contribution in [0.3, 0.4) is 0 Å². The van der Waals surface area contributed by atoms with Crippen LogP contribution in [0.1, 0.15) is 18.9 Å². The maximum absolute atomic E-state index is 13.0. The van der Waals surface area contributed by atoms with E-state index >= 15 is 0 Å². The van der Waals surface area contributed by atoms with Crippen LogP contribution in [0, 0.1) is 5.82 Å². The highest BCUT2D eigenvalue weighted by atomic mass is 19.1. The first kappa shape index (κ1) is 15.7. The molecular weight excluding hydrogens is 283 g/mol. The number of benzene rings is 1. The Morgan fingerprint density at radius 1 is 1.36 bits per heavy atom. The highest BCUT2D eigenvalue weighted by Gasteiger charge is 2.06. The van der Waals surface area contributed by atoms with Gasteiger partial charge in [0, 0.05) is 12.3 Å². The lowest BCUT2D eigenvalue weighted by atomic mass is 10.2. The quantitative estimate of drug-likeness (QED) is 0.828. The van der Waals surface area contributed by atoms with Crippen molar-refractivity contribution in [3.63, 3.8) is 0 Å². The van der Waals surface area contributed by atoms with Gasteiger partial charge in [0.15, 0.2) is 11.6 Å². The Bertz CT molecular complexity index is 671. The number of nitrogens with zero attached hydrogens (tertiary/aromatic N) is 1. The van der Waals surface area contributed by atoms with Gasteiger partial charge < -0.3 is 10.1 Å². The smallest absolute Gasteiger partial charge is 0.249 e. The number of anilines is 1. The molecule has 0 atom stereocenters. The van der Waals surface area contributed by atoms with E-state index in [4.69, 9.17) is 4.74 Å². The summed E-state index contributed by atoms with van der Waals surface area (Å²) in [6.45, 7) is 2.55. The van der Waals surface area contributed by atoms with Crippen molar-refractivity contribution in [1.29, 1.82) is 0 Å². The van der Waals surface area contributed by atoms with Gasteiger partial charge >= 0.3 is 0 Å². The topological polar surface area (TPSA) is 51.2 Å². The van der Waals surface area contributed by atoms with Gasteiger partial charge in [-0.3, -0.25) is 4.79 Å². The number of amides is 1. The van der Waals surface area contributed by atoms with Crippen molar-refractivity contribution in [3.8, 4) is 5.75 Å². The Balaban J connectivity index is 2.03. The van der Waals surface area contributed by atoms with Crippen molar-refractivity contribution >= 4 is 17.8 Å². The van der Waals surface area contributed by atoms with Gasteiger partial charge in [-0.05, 0) is 42.3 Å². The van der Waals surface area contributed by atoms with Gasteiger partial charge in [-0.2, -0.15) is 0 Å². The molecule has 0 radical (unpaired) electrons. The second-order valence-corrected chi connectivity index (χ2v) is 4.58. The zero-order valence-electron chi connectivity index (χ0n) is 12.3. The van der Waals surface area contributed by atoms with E-state index in [2.05, 4.69) is 10.3 Å². The number of ether oxygens (including phenoxy) is 1. The molecule has 0 saturated carbocycles. The zero-order chi connectivity index (χ0) is 15.8. The number of carbonyl (C=O) groups excluding carboxylic acids is 1. The molecule has 1 N–H and O–H groups in total. The van der Waals surface area contributed by atoms with E-state index in [1.807, 2.05) is 6.92 Å². The van der Waals surface area contributed by atoms with Gasteiger partial charge in [0.2, 0.25) is 5.91 Å². The SMILES string of the molecule is CCCOc1cccnc1NC(=O)/C=C/c1cccc(F)c1. The standard InChI is InChI=1S/C17H17FN2O2/c1-2-11-22-15-7-4-10-19-17(15)20-16(21)9-8-13-5-3-6-14(18)12-13/h3-10,12H,2,11H2,1H3,(H,19,20,21)/b9-8+. The zero-order valence-corrected chi connectivity index (χ0v) is 12.3. The van der Waals surface area contributed by atoms with Gasteiger partial charge in [0.25, 0.3) is 0 Å². The average Bonchev–Trinajstić information content (AvgIpc) is 2.52. The number of hydrogen-bond donors (Lipinski definition) is 1. The van der Waals surface area contributed by atoms with Crippen molar-refractivity contribution in [2.24, 2.45) is 0 Å². The normalized spacial score (nSPS) is 10.6. The summed E-state index contributed by atoms with van der Waals surface area (Å²) in [6, 6.07) is 9.48. The maximum atomic E-state index is 13.0. The molecule has 1 aromatic heterocycles. The molecule has 4 nitrogen and oxygen atoms in total. The van der Waals surface area contributed by atoms with E-state index in [9.17, 15) is 9.18 Å². The van der Waals surface area contributed by atoms with E-state index in [-0.39, 0.29) is 11.7 Å². The number of pyridine rings is 1. The predicted molar refractivity (Wildman–Crippen MR) is 84.1 cm³/mol. The van der Waals surface area contributed by atoms with E-state index in [0.29, 0.717) is 23.7 Å². The summed E-state index contributed by atoms with van der Waals surface area (Å²) in [5, 5.41) is 2.65. The molecule has 0 spiro atoms. The molecule has 2 rings (SSSR count). The third-order valence-corrected chi connectivity index (χ3v) is 2.75. The summed E-state index contributed by atoms with van der Waals surface area (Å²) >= 11 is 0. The largest absolute Gasteiger partial charge is 0.490 e. The number of rotatable bonds is 6. The van der Waals surface area contributed by atoms with E-state index in [1.54, 1.807) is 30.5 Å². The summed E-state index contributed by atoms with van der Waals surface area (Å²) in [4.78, 5) is 16.0. The summed E-state index contributed by atoms with van der Waals surface area (Å²) in [7, 11) is 0. The molecule has 0 aliphatic rings. The Kier molecular flexibility index (Phi) is 5.65. The van der Waals surface area contributed by atoms with Crippen LogP contribution in [0.25, 0.3) is 6.08 Å². The molecule has 0 fully saturated rings. The van der Waals surface area contributed by atoms with E-state index in [0.717, 1.165) is 6.42 Å². The summed E-state index contributed by atoms with van der Waals surface area (Å²) in [5.41, 5.74) is 0.610. The molecule has 0 bridgehead atoms. The van der Waals surface area contributed by atoms with Crippen LogP contribution in [0.15, 0.2) is 48.7 Å². The fourth-order valence-corrected chi connectivity index (χ4v) is 1.75. The predicted octanol–water partition coefficient (Wildman–Crippen LogP) is 3.66. The number of aromatic nitrogens is 1. The first-order valence-electron chi connectivity index (χ1n) is 7.01. The van der Waals surface area contributed by atoms with Crippen LogP contribution in [0.4, 0.5) is 10.2 Å². The second-order valence-electron chi connectivity index (χ2n) is 4.58. The molecule has 1 heterocycles. The van der Waals surface area contributed by atoms with Gasteiger partial charge in [-0.25, -0.2) is 9.37 Å². The van der Waals surface area contributed by atoms with Crippen molar-refractivity contribution < 1.29 is 13.9 Å². The molecule has 22 heavy (non-hydrogen) atoms. The average molecular weight is 300 g/mol. The van der Waals surface area contributed by atoms with Crippen LogP contribution in [-0.2, 0) is 4.79 Å². The summed E-state index contributed by atoms with van der Waals surface area (Å²) in [6.07, 6.45) is 5.30. The fraction of sp³-hybridized carbons (Fsp3) is 0.176. The van der Waals surface area contributed by atoms with Gasteiger partial charge in [0.05, 0.1) is 6.61 Å². The number of carbonyl (C=O) groups is 1. The molecule has 0 aliphatic heterocycles. The minimum atomic E-state index is -0.357. The molecular formula is C17H17FN2O2. The highest BCUT2D eigenvalue weighted by molar-refractivity contribution is 6.02. The summed E-state index contributed by atoms with van der Waals surface area (Å²) in [5.74, 6) is 0.188. The third kappa shape index (κ3) is 4.70. The third-order valence-electron chi connectivity index (χ3n) is 2.75. The lowest BCUT2D eigenvalue weighted by Gasteiger charge is -2.09. The first-order chi connectivity index (χ1) is 10.7. The van der Waals surface area contributed by atoms with Gasteiger partial charge in [0.1, 0.15) is 5.82 Å². The highest BCUT2D eigenvalue weighted by Crippen LogP contribution is 2.21. The molecule has 0 saturated heterocycles. The van der Waals surface area contributed by atoms with Crippen molar-refractivity contribution in [2.45, 2.75) is 13.3 Å². The number of halogens is 1. The van der Waals surface area contributed by atoms with Crippen LogP contribution in [0.5, 0.6) is 5.75 Å². The van der Waals surface area contributed by atoms with Crippen molar-refractivity contribution in [1.82, 2.24) is 4.98 Å². The summed E-state index contributed by atoms with van der Waals surface area (Å²) < 4.78 is 18.6. The maximum Gasteiger partial charge on any atom is 0.249 e. The second kappa shape index (κ2) is 7.93. The van der Waals surface area contributed by atoms with Crippen LogP contribution in [0.2, 0.25) is 0 Å². The minimum Gasteiger partial charge on any atom is -0.490 e. The number of nitrogens with one attached hydrogen (secondary N) is 1. The Hall–Kier alpha value is -2.69. The Morgan fingerprint density at radius 3 is 3.00 bits per heavy atom. The van der Waals surface area contributed by atoms with Gasteiger partial charge in [-0.15, -0.1) is 0 Å². The molecule has 5 heteroatoms. The van der Waals surface area contributed by atoms with Crippen LogP contribution < -0.4 is 10.1 Å². The lowest BCUT2D eigenvalue weighted by Crippen LogP contribution is -2.11. The molecule has 1 amide bonds. The van der Waals surface area contributed by atoms with Gasteiger partial charge in [-0.1, -0.05) is 19.1 Å².